The lowest BCUT2D eigenvalue weighted by Crippen LogP contribution is -2.30. The number of nitrogens with one attached hydrogen (secondary N) is 3. The lowest BCUT2D eigenvalue weighted by Gasteiger charge is -2.13. The highest BCUT2D eigenvalue weighted by molar-refractivity contribution is 8.00. The molecule has 0 atom stereocenters. The van der Waals surface area contributed by atoms with Crippen molar-refractivity contribution in [2.24, 2.45) is 0 Å². The molecule has 0 spiro atoms. The van der Waals surface area contributed by atoms with Crippen molar-refractivity contribution in [3.05, 3.63) is 124 Å². The Kier molecular flexibility index (Phi) is 11.3. The van der Waals surface area contributed by atoms with Gasteiger partial charge in [-0.2, -0.15) is 0 Å². The molecule has 0 saturated heterocycles. The van der Waals surface area contributed by atoms with E-state index in [2.05, 4.69) is 20.9 Å². The van der Waals surface area contributed by atoms with Gasteiger partial charge in [-0.05, 0) is 74.5 Å². The molecule has 11 heteroatoms. The Morgan fingerprint density at radius 2 is 1.58 bits per heavy atom. The standard InChI is InChI=1S/C37H34N4O5S2/c1-23-10-12-25(13-11-23)34-24(2)48-37(41-34)40-33(42)22-47-30-17-14-28(15-18-30)38-36(44)31(39-35(43)26-8-6-5-7-9-26)21-27-20-29(45-3)16-19-32(27)46-4/h5-21H,22H2,1-4H3,(H,38,44)(H,39,43)(H,40,41,42)/b31-21-. The molecule has 0 saturated carbocycles. The van der Waals surface area contributed by atoms with Crippen LogP contribution in [0.5, 0.6) is 11.5 Å². The number of carbonyl (C=O) groups is 3. The average Bonchev–Trinajstić information content (AvgIpc) is 3.47. The highest BCUT2D eigenvalue weighted by atomic mass is 32.2. The van der Waals surface area contributed by atoms with Gasteiger partial charge in [0.05, 0.1) is 25.7 Å². The van der Waals surface area contributed by atoms with Crippen LogP contribution in [0.15, 0.2) is 108 Å². The first kappa shape index (κ1) is 34.0. The predicted octanol–water partition coefficient (Wildman–Crippen LogP) is 7.58. The number of thioether (sulfide) groups is 1. The van der Waals surface area contributed by atoms with E-state index in [1.54, 1.807) is 67.8 Å². The number of ether oxygens (including phenoxy) is 2. The Labute approximate surface area is 287 Å². The summed E-state index contributed by atoms with van der Waals surface area (Å²) in [6.07, 6.45) is 1.54. The summed E-state index contributed by atoms with van der Waals surface area (Å²) in [6.45, 7) is 4.03. The van der Waals surface area contributed by atoms with Crippen molar-refractivity contribution >= 4 is 57.7 Å². The summed E-state index contributed by atoms with van der Waals surface area (Å²) in [5.74, 6) is 0.101. The van der Waals surface area contributed by atoms with E-state index in [-0.39, 0.29) is 17.4 Å². The van der Waals surface area contributed by atoms with Gasteiger partial charge in [-0.3, -0.25) is 14.4 Å². The summed E-state index contributed by atoms with van der Waals surface area (Å²) in [7, 11) is 3.06. The molecule has 5 rings (SSSR count). The molecule has 48 heavy (non-hydrogen) atoms. The van der Waals surface area contributed by atoms with Crippen LogP contribution < -0.4 is 25.4 Å². The zero-order valence-electron chi connectivity index (χ0n) is 26.8. The molecule has 0 unspecified atom stereocenters. The number of thiazole rings is 1. The number of hydrogen-bond acceptors (Lipinski definition) is 8. The molecule has 244 valence electrons. The molecule has 0 radical (unpaired) electrons. The van der Waals surface area contributed by atoms with Gasteiger partial charge >= 0.3 is 0 Å². The first-order chi connectivity index (χ1) is 23.2. The molecule has 5 aromatic rings. The third kappa shape index (κ3) is 8.90. The molecule has 3 N–H and O–H groups in total. The van der Waals surface area contributed by atoms with Crippen LogP contribution in [-0.4, -0.2) is 42.7 Å². The normalized spacial score (nSPS) is 11.0. The van der Waals surface area contributed by atoms with Crippen LogP contribution in [0.4, 0.5) is 10.8 Å². The average molecular weight is 679 g/mol. The number of nitrogens with zero attached hydrogens (tertiary/aromatic N) is 1. The Morgan fingerprint density at radius 3 is 2.27 bits per heavy atom. The van der Waals surface area contributed by atoms with E-state index in [1.807, 2.05) is 50.2 Å². The fraction of sp³-hybridized carbons (Fsp3) is 0.135. The summed E-state index contributed by atoms with van der Waals surface area (Å²) < 4.78 is 10.8. The van der Waals surface area contributed by atoms with E-state index in [9.17, 15) is 14.4 Å². The fourth-order valence-electron chi connectivity index (χ4n) is 4.62. The first-order valence-electron chi connectivity index (χ1n) is 14.9. The molecule has 3 amide bonds. The number of methoxy groups -OCH3 is 2. The fourth-order valence-corrected chi connectivity index (χ4v) is 6.17. The van der Waals surface area contributed by atoms with Crippen molar-refractivity contribution in [1.29, 1.82) is 0 Å². The van der Waals surface area contributed by atoms with Crippen molar-refractivity contribution in [2.75, 3.05) is 30.6 Å². The van der Waals surface area contributed by atoms with Gasteiger partial charge in [0.1, 0.15) is 17.2 Å². The van der Waals surface area contributed by atoms with Crippen LogP contribution in [0.2, 0.25) is 0 Å². The topological polar surface area (TPSA) is 119 Å². The Balaban J connectivity index is 1.23. The maximum Gasteiger partial charge on any atom is 0.272 e. The lowest BCUT2D eigenvalue weighted by atomic mass is 10.1. The molecule has 0 aliphatic carbocycles. The third-order valence-corrected chi connectivity index (χ3v) is 9.01. The first-order valence-corrected chi connectivity index (χ1v) is 16.7. The number of hydrogen-bond donors (Lipinski definition) is 3. The van der Waals surface area contributed by atoms with Crippen LogP contribution in [-0.2, 0) is 9.59 Å². The van der Waals surface area contributed by atoms with Gasteiger partial charge in [-0.1, -0.05) is 48.0 Å². The van der Waals surface area contributed by atoms with Crippen molar-refractivity contribution in [1.82, 2.24) is 10.3 Å². The van der Waals surface area contributed by atoms with Crippen LogP contribution in [0.3, 0.4) is 0 Å². The zero-order valence-corrected chi connectivity index (χ0v) is 28.5. The highest BCUT2D eigenvalue weighted by Crippen LogP contribution is 2.31. The maximum absolute atomic E-state index is 13.5. The summed E-state index contributed by atoms with van der Waals surface area (Å²) in [5, 5.41) is 9.03. The van der Waals surface area contributed by atoms with Gasteiger partial charge in [0.2, 0.25) is 5.91 Å². The summed E-state index contributed by atoms with van der Waals surface area (Å²) in [4.78, 5) is 45.8. The van der Waals surface area contributed by atoms with E-state index in [1.165, 1.54) is 41.8 Å². The molecule has 1 aromatic heterocycles. The minimum Gasteiger partial charge on any atom is -0.497 e. The summed E-state index contributed by atoms with van der Waals surface area (Å²) in [6, 6.07) is 29.0. The lowest BCUT2D eigenvalue weighted by molar-refractivity contribution is -0.114. The molecule has 0 fully saturated rings. The molecule has 0 aliphatic heterocycles. The SMILES string of the molecule is COc1ccc(OC)c(/C=C(\NC(=O)c2ccccc2)C(=O)Nc2ccc(SCC(=O)Nc3nc(-c4ccc(C)cc4)c(C)s3)cc2)c1. The predicted molar refractivity (Wildman–Crippen MR) is 193 cm³/mol. The van der Waals surface area contributed by atoms with Gasteiger partial charge in [-0.15, -0.1) is 23.1 Å². The van der Waals surface area contributed by atoms with E-state index < -0.39 is 11.8 Å². The summed E-state index contributed by atoms with van der Waals surface area (Å²) in [5.41, 5.74) is 4.50. The smallest absolute Gasteiger partial charge is 0.272 e. The van der Waals surface area contributed by atoms with Crippen molar-refractivity contribution < 1.29 is 23.9 Å². The number of rotatable bonds is 12. The molecule has 0 bridgehead atoms. The zero-order chi connectivity index (χ0) is 34.0. The van der Waals surface area contributed by atoms with E-state index in [0.29, 0.717) is 33.4 Å². The van der Waals surface area contributed by atoms with Gasteiger partial charge in [0.15, 0.2) is 5.13 Å². The molecule has 0 aliphatic rings. The van der Waals surface area contributed by atoms with Crippen molar-refractivity contribution in [3.63, 3.8) is 0 Å². The Hall–Kier alpha value is -5.39. The number of aromatic nitrogens is 1. The number of benzene rings is 4. The minimum atomic E-state index is -0.535. The minimum absolute atomic E-state index is 0.00786. The van der Waals surface area contributed by atoms with Gasteiger partial charge < -0.3 is 25.4 Å². The van der Waals surface area contributed by atoms with Crippen LogP contribution in [0, 0.1) is 13.8 Å². The van der Waals surface area contributed by atoms with E-state index in [0.717, 1.165) is 21.0 Å². The van der Waals surface area contributed by atoms with E-state index in [4.69, 9.17) is 9.47 Å². The number of aryl methyl sites for hydroxylation is 2. The van der Waals surface area contributed by atoms with Gasteiger partial charge in [0.25, 0.3) is 11.8 Å². The largest absolute Gasteiger partial charge is 0.497 e. The quantitative estimate of drug-likeness (QED) is 0.0920. The second-order valence-electron chi connectivity index (χ2n) is 10.6. The molecule has 1 heterocycles. The number of amides is 3. The van der Waals surface area contributed by atoms with Crippen LogP contribution in [0.25, 0.3) is 17.3 Å². The number of anilines is 2. The second-order valence-corrected chi connectivity index (χ2v) is 12.8. The molecule has 4 aromatic carbocycles. The maximum atomic E-state index is 13.5. The Morgan fingerprint density at radius 1 is 0.854 bits per heavy atom. The van der Waals surface area contributed by atoms with Gasteiger partial charge in [0, 0.05) is 32.2 Å². The third-order valence-electron chi connectivity index (χ3n) is 7.12. The second kappa shape index (κ2) is 15.9. The van der Waals surface area contributed by atoms with Crippen LogP contribution >= 0.6 is 23.1 Å². The molecule has 9 nitrogen and oxygen atoms in total. The number of carbonyl (C=O) groups excluding carboxylic acids is 3. The van der Waals surface area contributed by atoms with E-state index >= 15 is 0 Å². The highest BCUT2D eigenvalue weighted by Gasteiger charge is 2.17. The van der Waals surface area contributed by atoms with Crippen molar-refractivity contribution in [2.45, 2.75) is 18.7 Å². The molecular weight excluding hydrogens is 645 g/mol. The Bertz CT molecular complexity index is 1940. The van der Waals surface area contributed by atoms with Crippen molar-refractivity contribution in [3.8, 4) is 22.8 Å². The van der Waals surface area contributed by atoms with Crippen LogP contribution in [0.1, 0.15) is 26.4 Å². The monoisotopic (exact) mass is 678 g/mol. The molecular formula is C37H34N4O5S2. The van der Waals surface area contributed by atoms with Gasteiger partial charge in [-0.25, -0.2) is 4.98 Å². The summed E-state index contributed by atoms with van der Waals surface area (Å²) >= 11 is 2.81.